The van der Waals surface area contributed by atoms with Crippen LogP contribution < -0.4 is 15.8 Å². The van der Waals surface area contributed by atoms with Crippen molar-refractivity contribution in [3.05, 3.63) is 66.2 Å². The first kappa shape index (κ1) is 16.7. The largest absolute Gasteiger partial charge is 0.491 e. The van der Waals surface area contributed by atoms with Gasteiger partial charge in [-0.15, -0.1) is 0 Å². The van der Waals surface area contributed by atoms with Crippen LogP contribution in [-0.2, 0) is 0 Å². The van der Waals surface area contributed by atoms with Gasteiger partial charge >= 0.3 is 0 Å². The van der Waals surface area contributed by atoms with Crippen molar-refractivity contribution in [2.75, 3.05) is 18.5 Å². The number of amides is 1. The Labute approximate surface area is 145 Å². The molecule has 128 valence electrons. The molecule has 4 N–H and O–H groups in total. The fourth-order valence-corrected chi connectivity index (χ4v) is 2.46. The molecule has 3 aromatic rings. The number of hydrogen-bond acceptors (Lipinski definition) is 5. The first-order chi connectivity index (χ1) is 12.1. The van der Waals surface area contributed by atoms with Gasteiger partial charge in [0, 0.05) is 11.9 Å². The molecule has 0 bridgehead atoms. The minimum Gasteiger partial charge on any atom is -0.491 e. The van der Waals surface area contributed by atoms with Gasteiger partial charge in [-0.05, 0) is 24.3 Å². The lowest BCUT2D eigenvalue weighted by molar-refractivity contribution is 0.100. The zero-order valence-corrected chi connectivity index (χ0v) is 13.6. The normalized spacial score (nSPS) is 11.9. The molecule has 1 atom stereocenters. The fraction of sp³-hybridized carbons (Fsp3) is 0.158. The summed E-state index contributed by atoms with van der Waals surface area (Å²) < 4.78 is 5.50. The van der Waals surface area contributed by atoms with E-state index in [2.05, 4.69) is 10.3 Å². The summed E-state index contributed by atoms with van der Waals surface area (Å²) in [5.74, 6) is 0.655. The summed E-state index contributed by atoms with van der Waals surface area (Å²) in [6.45, 7) is 0.379. The second kappa shape index (κ2) is 7.63. The third kappa shape index (κ3) is 4.24. The number of nitrogens with two attached hydrogens (primary N) is 1. The quantitative estimate of drug-likeness (QED) is 0.614. The topological polar surface area (TPSA) is 97.5 Å². The average Bonchev–Trinajstić information content (AvgIpc) is 2.64. The molecule has 6 heteroatoms. The van der Waals surface area contributed by atoms with Crippen molar-refractivity contribution in [3.63, 3.8) is 0 Å². The van der Waals surface area contributed by atoms with E-state index in [-0.39, 0.29) is 13.2 Å². The van der Waals surface area contributed by atoms with Crippen LogP contribution in [0.25, 0.3) is 10.9 Å². The molecule has 3 rings (SSSR count). The number of benzene rings is 2. The van der Waals surface area contributed by atoms with Crippen molar-refractivity contribution < 1.29 is 14.6 Å². The highest BCUT2D eigenvalue weighted by Gasteiger charge is 2.11. The van der Waals surface area contributed by atoms with Crippen LogP contribution >= 0.6 is 0 Å². The van der Waals surface area contributed by atoms with Crippen LogP contribution in [0.5, 0.6) is 5.75 Å². The van der Waals surface area contributed by atoms with E-state index in [0.717, 1.165) is 0 Å². The molecule has 0 spiro atoms. The summed E-state index contributed by atoms with van der Waals surface area (Å²) >= 11 is 0. The first-order valence-electron chi connectivity index (χ1n) is 7.93. The number of ether oxygens (including phenoxy) is 1. The van der Waals surface area contributed by atoms with Crippen molar-refractivity contribution in [1.29, 1.82) is 0 Å². The molecular formula is C19H19N3O3. The predicted octanol–water partition coefficient (Wildman–Crippen LogP) is 2.19. The Bertz CT molecular complexity index is 868. The molecule has 1 aromatic heterocycles. The van der Waals surface area contributed by atoms with Gasteiger partial charge in [0.15, 0.2) is 0 Å². The van der Waals surface area contributed by atoms with E-state index in [0.29, 0.717) is 28.0 Å². The first-order valence-corrected chi connectivity index (χ1v) is 7.93. The maximum Gasteiger partial charge on any atom is 0.249 e. The summed E-state index contributed by atoms with van der Waals surface area (Å²) in [5.41, 5.74) is 6.51. The van der Waals surface area contributed by atoms with Crippen LogP contribution in [0.3, 0.4) is 0 Å². The molecule has 0 radical (unpaired) electrons. The number of nitrogens with zero attached hydrogens (tertiary/aromatic N) is 1. The van der Waals surface area contributed by atoms with Crippen LogP contribution in [-0.4, -0.2) is 35.3 Å². The third-order valence-corrected chi connectivity index (χ3v) is 3.69. The highest BCUT2D eigenvalue weighted by atomic mass is 16.5. The minimum absolute atomic E-state index is 0.146. The second-order valence-corrected chi connectivity index (χ2v) is 5.60. The molecule has 2 aromatic carbocycles. The number of para-hydroxylation sites is 2. The number of aliphatic hydroxyl groups is 1. The zero-order valence-electron chi connectivity index (χ0n) is 13.6. The van der Waals surface area contributed by atoms with Gasteiger partial charge in [-0.1, -0.05) is 36.4 Å². The summed E-state index contributed by atoms with van der Waals surface area (Å²) in [5, 5.41) is 13.8. The van der Waals surface area contributed by atoms with Gasteiger partial charge in [0.25, 0.3) is 0 Å². The van der Waals surface area contributed by atoms with Gasteiger partial charge in [0.2, 0.25) is 5.91 Å². The Hall–Kier alpha value is -3.12. The van der Waals surface area contributed by atoms with Gasteiger partial charge in [-0.3, -0.25) is 4.79 Å². The van der Waals surface area contributed by atoms with E-state index in [1.807, 2.05) is 48.5 Å². The fourth-order valence-electron chi connectivity index (χ4n) is 2.46. The lowest BCUT2D eigenvalue weighted by Gasteiger charge is -2.14. The highest BCUT2D eigenvalue weighted by Crippen LogP contribution is 2.20. The van der Waals surface area contributed by atoms with Gasteiger partial charge in [0.05, 0.1) is 11.1 Å². The number of fused-ring (bicyclic) bond motifs is 1. The Morgan fingerprint density at radius 2 is 1.88 bits per heavy atom. The van der Waals surface area contributed by atoms with E-state index in [9.17, 15) is 9.90 Å². The maximum atomic E-state index is 11.7. The predicted molar refractivity (Wildman–Crippen MR) is 96.7 cm³/mol. The van der Waals surface area contributed by atoms with Crippen molar-refractivity contribution in [2.45, 2.75) is 6.10 Å². The Morgan fingerprint density at radius 3 is 2.64 bits per heavy atom. The molecule has 6 nitrogen and oxygen atoms in total. The smallest absolute Gasteiger partial charge is 0.249 e. The SMILES string of the molecule is NC(=O)c1cc(NC[C@H](O)COc2ccccc2)nc2ccccc12. The van der Waals surface area contributed by atoms with Crippen LogP contribution in [0.15, 0.2) is 60.7 Å². The molecular weight excluding hydrogens is 318 g/mol. The summed E-state index contributed by atoms with van der Waals surface area (Å²) in [6.07, 6.45) is -0.731. The van der Waals surface area contributed by atoms with Crippen LogP contribution in [0.1, 0.15) is 10.4 Å². The number of aromatic nitrogens is 1. The Kier molecular flexibility index (Phi) is 5.11. The summed E-state index contributed by atoms with van der Waals surface area (Å²) in [6, 6.07) is 18.1. The van der Waals surface area contributed by atoms with Gasteiger partial charge in [-0.2, -0.15) is 0 Å². The van der Waals surface area contributed by atoms with Crippen LogP contribution in [0, 0.1) is 0 Å². The molecule has 25 heavy (non-hydrogen) atoms. The third-order valence-electron chi connectivity index (χ3n) is 3.69. The number of carbonyl (C=O) groups is 1. The van der Waals surface area contributed by atoms with Gasteiger partial charge < -0.3 is 20.9 Å². The lowest BCUT2D eigenvalue weighted by atomic mass is 10.1. The van der Waals surface area contributed by atoms with Crippen LogP contribution in [0.4, 0.5) is 5.82 Å². The maximum absolute atomic E-state index is 11.7. The van der Waals surface area contributed by atoms with Crippen molar-refractivity contribution >= 4 is 22.6 Å². The molecule has 0 aliphatic rings. The molecule has 0 aliphatic heterocycles. The molecule has 0 fully saturated rings. The van der Waals surface area contributed by atoms with Crippen LogP contribution in [0.2, 0.25) is 0 Å². The van der Waals surface area contributed by atoms with Crippen molar-refractivity contribution in [1.82, 2.24) is 4.98 Å². The zero-order chi connectivity index (χ0) is 17.6. The van der Waals surface area contributed by atoms with Crippen molar-refractivity contribution in [3.8, 4) is 5.75 Å². The average molecular weight is 337 g/mol. The molecule has 0 unspecified atom stereocenters. The van der Waals surface area contributed by atoms with E-state index in [1.54, 1.807) is 12.1 Å². The number of nitrogens with one attached hydrogen (secondary N) is 1. The standard InChI is InChI=1S/C19H19N3O3/c20-19(24)16-10-18(22-17-9-5-4-8-15(16)17)21-11-13(23)12-25-14-6-2-1-3-7-14/h1-10,13,23H,11-12H2,(H2,20,24)(H,21,22)/t13-/m0/s1. The van der Waals surface area contributed by atoms with E-state index < -0.39 is 12.0 Å². The summed E-state index contributed by atoms with van der Waals surface area (Å²) in [4.78, 5) is 16.1. The number of hydrogen-bond donors (Lipinski definition) is 3. The number of aliphatic hydroxyl groups excluding tert-OH is 1. The monoisotopic (exact) mass is 337 g/mol. The number of pyridine rings is 1. The highest BCUT2D eigenvalue weighted by molar-refractivity contribution is 6.06. The van der Waals surface area contributed by atoms with E-state index in [4.69, 9.17) is 10.5 Å². The molecule has 1 heterocycles. The number of anilines is 1. The number of rotatable bonds is 7. The van der Waals surface area contributed by atoms with Crippen molar-refractivity contribution in [2.24, 2.45) is 5.73 Å². The molecule has 1 amide bonds. The minimum atomic E-state index is -0.731. The van der Waals surface area contributed by atoms with Gasteiger partial charge in [-0.25, -0.2) is 4.98 Å². The van der Waals surface area contributed by atoms with E-state index in [1.165, 1.54) is 0 Å². The summed E-state index contributed by atoms with van der Waals surface area (Å²) in [7, 11) is 0. The second-order valence-electron chi connectivity index (χ2n) is 5.60. The molecule has 0 aliphatic carbocycles. The Morgan fingerprint density at radius 1 is 1.16 bits per heavy atom. The number of carbonyl (C=O) groups excluding carboxylic acids is 1. The lowest BCUT2D eigenvalue weighted by Crippen LogP contribution is -2.26. The number of primary amides is 1. The molecule has 0 saturated carbocycles. The molecule has 0 saturated heterocycles. The Balaban J connectivity index is 1.65. The van der Waals surface area contributed by atoms with Gasteiger partial charge in [0.1, 0.15) is 24.3 Å². The van der Waals surface area contributed by atoms with E-state index >= 15 is 0 Å².